The molecule has 136 valence electrons. The normalized spacial score (nSPS) is 11.5. The summed E-state index contributed by atoms with van der Waals surface area (Å²) in [4.78, 5) is 0. The summed E-state index contributed by atoms with van der Waals surface area (Å²) in [5.74, 6) is 1.96. The van der Waals surface area contributed by atoms with Crippen LogP contribution in [0.4, 0.5) is 0 Å². The predicted octanol–water partition coefficient (Wildman–Crippen LogP) is 4.28. The maximum Gasteiger partial charge on any atom is 0.211 e. The first-order valence-corrected chi connectivity index (χ1v) is 9.76. The Labute approximate surface area is 157 Å². The summed E-state index contributed by atoms with van der Waals surface area (Å²) in [7, 11) is 0. The lowest BCUT2D eigenvalue weighted by Crippen LogP contribution is -2.08. The molecule has 2 rings (SSSR count). The van der Waals surface area contributed by atoms with Crippen LogP contribution in [-0.2, 0) is 6.42 Å². The molecular formula is C17H23ClN4O2S. The maximum atomic E-state index is 6.39. The second-order valence-corrected chi connectivity index (χ2v) is 6.62. The number of ether oxygens (including phenoxy) is 2. The van der Waals surface area contributed by atoms with E-state index in [-0.39, 0.29) is 6.10 Å². The largest absolute Gasteiger partial charge is 0.490 e. The van der Waals surface area contributed by atoms with E-state index in [1.165, 1.54) is 11.8 Å². The number of benzene rings is 1. The molecule has 1 aromatic heterocycles. The van der Waals surface area contributed by atoms with Gasteiger partial charge >= 0.3 is 0 Å². The summed E-state index contributed by atoms with van der Waals surface area (Å²) >= 11 is 7.89. The molecule has 25 heavy (non-hydrogen) atoms. The van der Waals surface area contributed by atoms with Crippen LogP contribution < -0.4 is 9.47 Å². The van der Waals surface area contributed by atoms with Crippen molar-refractivity contribution in [2.24, 2.45) is 5.10 Å². The SMILES string of the molecule is CCOc1cc(/C=N\n2c(CC)nnc2SC)cc(Cl)c1OC(C)C. The highest BCUT2D eigenvalue weighted by molar-refractivity contribution is 7.98. The number of hydrogen-bond acceptors (Lipinski definition) is 6. The van der Waals surface area contributed by atoms with Gasteiger partial charge in [0.2, 0.25) is 5.16 Å². The van der Waals surface area contributed by atoms with E-state index in [1.807, 2.05) is 40.0 Å². The number of rotatable bonds is 8. The van der Waals surface area contributed by atoms with Crippen molar-refractivity contribution in [3.63, 3.8) is 0 Å². The Kier molecular flexibility index (Phi) is 7.13. The molecule has 0 aliphatic heterocycles. The first kappa shape index (κ1) is 19.6. The summed E-state index contributed by atoms with van der Waals surface area (Å²) in [6.45, 7) is 8.35. The van der Waals surface area contributed by atoms with Crippen LogP contribution in [0.1, 0.15) is 39.1 Å². The fourth-order valence-corrected chi connectivity index (χ4v) is 2.87. The Bertz CT molecular complexity index is 725. The molecule has 0 amide bonds. The van der Waals surface area contributed by atoms with Crippen LogP contribution in [0.5, 0.6) is 11.5 Å². The van der Waals surface area contributed by atoms with Gasteiger partial charge in [-0.3, -0.25) is 0 Å². The second kappa shape index (κ2) is 9.10. The third kappa shape index (κ3) is 4.89. The molecule has 0 aliphatic rings. The molecule has 0 bridgehead atoms. The zero-order valence-electron chi connectivity index (χ0n) is 15.1. The van der Waals surface area contributed by atoms with E-state index in [0.29, 0.717) is 23.1 Å². The highest BCUT2D eigenvalue weighted by atomic mass is 35.5. The minimum absolute atomic E-state index is 0.00416. The monoisotopic (exact) mass is 382 g/mol. The van der Waals surface area contributed by atoms with Gasteiger partial charge in [0.25, 0.3) is 0 Å². The van der Waals surface area contributed by atoms with Gasteiger partial charge in [-0.15, -0.1) is 10.2 Å². The van der Waals surface area contributed by atoms with Crippen molar-refractivity contribution in [3.8, 4) is 11.5 Å². The van der Waals surface area contributed by atoms with Gasteiger partial charge < -0.3 is 9.47 Å². The van der Waals surface area contributed by atoms with E-state index >= 15 is 0 Å². The van der Waals surface area contributed by atoms with Gasteiger partial charge in [0.1, 0.15) is 0 Å². The van der Waals surface area contributed by atoms with E-state index in [4.69, 9.17) is 21.1 Å². The Morgan fingerprint density at radius 2 is 2.08 bits per heavy atom. The van der Waals surface area contributed by atoms with Gasteiger partial charge in [-0.25, -0.2) is 0 Å². The van der Waals surface area contributed by atoms with Crippen molar-refractivity contribution < 1.29 is 9.47 Å². The second-order valence-electron chi connectivity index (χ2n) is 5.44. The number of halogens is 1. The van der Waals surface area contributed by atoms with Crippen molar-refractivity contribution in [2.75, 3.05) is 12.9 Å². The zero-order chi connectivity index (χ0) is 18.4. The average Bonchev–Trinajstić information content (AvgIpc) is 2.98. The van der Waals surface area contributed by atoms with E-state index in [0.717, 1.165) is 23.0 Å². The fourth-order valence-electron chi connectivity index (χ4n) is 2.16. The van der Waals surface area contributed by atoms with E-state index < -0.39 is 0 Å². The molecule has 2 aromatic rings. The summed E-state index contributed by atoms with van der Waals surface area (Å²) in [6, 6.07) is 3.67. The highest BCUT2D eigenvalue weighted by Gasteiger charge is 2.14. The fraction of sp³-hybridized carbons (Fsp3) is 0.471. The minimum atomic E-state index is 0.00416. The van der Waals surface area contributed by atoms with Crippen LogP contribution >= 0.6 is 23.4 Å². The summed E-state index contributed by atoms with van der Waals surface area (Å²) in [5, 5.41) is 14.0. The smallest absolute Gasteiger partial charge is 0.211 e. The van der Waals surface area contributed by atoms with Gasteiger partial charge in [0.05, 0.1) is 23.9 Å². The van der Waals surface area contributed by atoms with Crippen molar-refractivity contribution >= 4 is 29.6 Å². The topological polar surface area (TPSA) is 61.5 Å². The number of thioether (sulfide) groups is 1. The number of hydrogen-bond donors (Lipinski definition) is 0. The van der Waals surface area contributed by atoms with Crippen LogP contribution in [0.15, 0.2) is 22.4 Å². The van der Waals surface area contributed by atoms with E-state index in [1.54, 1.807) is 17.0 Å². The van der Waals surface area contributed by atoms with Gasteiger partial charge in [0.15, 0.2) is 17.3 Å². The van der Waals surface area contributed by atoms with Crippen molar-refractivity contribution in [1.82, 2.24) is 14.9 Å². The Balaban J connectivity index is 2.38. The maximum absolute atomic E-state index is 6.39. The first-order chi connectivity index (χ1) is 12.0. The highest BCUT2D eigenvalue weighted by Crippen LogP contribution is 2.37. The van der Waals surface area contributed by atoms with Crippen molar-refractivity contribution in [2.45, 2.75) is 45.4 Å². The third-order valence-electron chi connectivity index (χ3n) is 3.18. The molecule has 0 fully saturated rings. The van der Waals surface area contributed by atoms with Gasteiger partial charge in [-0.2, -0.15) is 9.78 Å². The standard InChI is InChI=1S/C17H23ClN4O2S/c1-6-15-20-21-17(25-5)22(15)19-10-12-8-13(18)16(24-11(3)4)14(9-12)23-7-2/h8-11H,6-7H2,1-5H3/b19-10-. The molecule has 0 atom stereocenters. The molecule has 1 heterocycles. The molecule has 0 unspecified atom stereocenters. The Morgan fingerprint density at radius 3 is 2.68 bits per heavy atom. The molecule has 8 heteroatoms. The minimum Gasteiger partial charge on any atom is -0.490 e. The molecule has 0 spiro atoms. The van der Waals surface area contributed by atoms with E-state index in [2.05, 4.69) is 15.3 Å². The Morgan fingerprint density at radius 1 is 1.32 bits per heavy atom. The van der Waals surface area contributed by atoms with Crippen LogP contribution in [0.2, 0.25) is 5.02 Å². The summed E-state index contributed by atoms with van der Waals surface area (Å²) in [6.07, 6.45) is 4.41. The molecule has 0 saturated carbocycles. The van der Waals surface area contributed by atoms with Gasteiger partial charge in [-0.05, 0) is 44.7 Å². The predicted molar refractivity (Wildman–Crippen MR) is 103 cm³/mol. The lowest BCUT2D eigenvalue weighted by molar-refractivity contribution is 0.224. The average molecular weight is 383 g/mol. The summed E-state index contributed by atoms with van der Waals surface area (Å²) in [5.41, 5.74) is 0.812. The van der Waals surface area contributed by atoms with Crippen molar-refractivity contribution in [1.29, 1.82) is 0 Å². The molecule has 1 aromatic carbocycles. The van der Waals surface area contributed by atoms with Crippen molar-refractivity contribution in [3.05, 3.63) is 28.5 Å². The molecular weight excluding hydrogens is 360 g/mol. The van der Waals surface area contributed by atoms with Gasteiger partial charge in [-0.1, -0.05) is 30.3 Å². The summed E-state index contributed by atoms with van der Waals surface area (Å²) < 4.78 is 13.2. The van der Waals surface area contributed by atoms with Gasteiger partial charge in [0, 0.05) is 6.42 Å². The molecule has 0 radical (unpaired) electrons. The Hall–Kier alpha value is -1.73. The third-order valence-corrected chi connectivity index (χ3v) is 4.08. The number of aryl methyl sites for hydroxylation is 1. The molecule has 0 N–H and O–H groups in total. The zero-order valence-corrected chi connectivity index (χ0v) is 16.7. The lowest BCUT2D eigenvalue weighted by Gasteiger charge is -2.16. The van der Waals surface area contributed by atoms with E-state index in [9.17, 15) is 0 Å². The number of nitrogens with zero attached hydrogens (tertiary/aromatic N) is 4. The van der Waals surface area contributed by atoms with Crippen LogP contribution in [0, 0.1) is 0 Å². The lowest BCUT2D eigenvalue weighted by atomic mass is 10.2. The number of aromatic nitrogens is 3. The van der Waals surface area contributed by atoms with Crippen LogP contribution in [0.3, 0.4) is 0 Å². The van der Waals surface area contributed by atoms with Crippen LogP contribution in [0.25, 0.3) is 0 Å². The quantitative estimate of drug-likeness (QED) is 0.503. The molecule has 0 aliphatic carbocycles. The molecule has 6 nitrogen and oxygen atoms in total. The van der Waals surface area contributed by atoms with Crippen LogP contribution in [-0.4, -0.2) is 40.1 Å². The molecule has 0 saturated heterocycles. The first-order valence-electron chi connectivity index (χ1n) is 8.15.